The number of hydrogen-bond donors (Lipinski definition) is 2. The third-order valence-electron chi connectivity index (χ3n) is 3.44. The molecular weight excluding hydrogens is 308 g/mol. The summed E-state index contributed by atoms with van der Waals surface area (Å²) in [6.07, 6.45) is 0.741. The van der Waals surface area contributed by atoms with Crippen LogP contribution in [0.15, 0.2) is 30.3 Å². The molecule has 0 saturated heterocycles. The largest absolute Gasteiger partial charge is 0.466 e. The Kier molecular flexibility index (Phi) is 9.19. The second kappa shape index (κ2) is 11.2. The summed E-state index contributed by atoms with van der Waals surface area (Å²) in [5.41, 5.74) is 1.01. The lowest BCUT2D eigenvalue weighted by atomic mass is 9.99. The van der Waals surface area contributed by atoms with Crippen LogP contribution in [0.3, 0.4) is 0 Å². The summed E-state index contributed by atoms with van der Waals surface area (Å²) in [5, 5.41) is 5.36. The second-order valence-corrected chi connectivity index (χ2v) is 5.40. The van der Waals surface area contributed by atoms with Gasteiger partial charge in [-0.25, -0.2) is 0 Å². The first-order valence-electron chi connectivity index (χ1n) is 8.30. The van der Waals surface area contributed by atoms with Gasteiger partial charge in [0.1, 0.15) is 0 Å². The number of rotatable bonds is 10. The number of nitrogens with one attached hydrogen (secondary N) is 2. The van der Waals surface area contributed by atoms with Gasteiger partial charge in [0, 0.05) is 25.9 Å². The molecule has 0 radical (unpaired) electrons. The van der Waals surface area contributed by atoms with E-state index in [2.05, 4.69) is 10.6 Å². The Morgan fingerprint density at radius 2 is 1.62 bits per heavy atom. The van der Waals surface area contributed by atoms with E-state index in [0.29, 0.717) is 19.6 Å². The average Bonchev–Trinajstić information content (AvgIpc) is 2.58. The van der Waals surface area contributed by atoms with Crippen molar-refractivity contribution in [2.75, 3.05) is 19.7 Å². The van der Waals surface area contributed by atoms with Crippen molar-refractivity contribution < 1.29 is 19.1 Å². The zero-order chi connectivity index (χ0) is 17.8. The summed E-state index contributed by atoms with van der Waals surface area (Å²) in [5.74, 6) is -1.17. The molecule has 1 aromatic carbocycles. The first-order chi connectivity index (χ1) is 11.6. The molecule has 1 atom stereocenters. The molecule has 2 N–H and O–H groups in total. The van der Waals surface area contributed by atoms with Crippen LogP contribution in [-0.4, -0.2) is 37.5 Å². The van der Waals surface area contributed by atoms with E-state index in [1.54, 1.807) is 6.92 Å². The summed E-state index contributed by atoms with van der Waals surface area (Å²) < 4.78 is 5.08. The maximum Gasteiger partial charge on any atom is 0.311 e. The lowest BCUT2D eigenvalue weighted by Crippen LogP contribution is -2.35. The molecule has 6 heteroatoms. The van der Waals surface area contributed by atoms with E-state index in [4.69, 9.17) is 4.74 Å². The molecule has 0 aliphatic rings. The van der Waals surface area contributed by atoms with Gasteiger partial charge in [0.15, 0.2) is 0 Å². The molecule has 2 amide bonds. The highest BCUT2D eigenvalue weighted by Crippen LogP contribution is 2.10. The number of ether oxygens (including phenoxy) is 1. The predicted octanol–water partition coefficient (Wildman–Crippen LogP) is 1.44. The predicted molar refractivity (Wildman–Crippen MR) is 91.2 cm³/mol. The van der Waals surface area contributed by atoms with Crippen LogP contribution in [0.5, 0.6) is 0 Å². The van der Waals surface area contributed by atoms with Crippen LogP contribution in [0.1, 0.15) is 32.3 Å². The summed E-state index contributed by atoms with van der Waals surface area (Å²) in [4.78, 5) is 35.3. The van der Waals surface area contributed by atoms with Crippen molar-refractivity contribution in [2.24, 2.45) is 5.92 Å². The molecule has 0 spiro atoms. The highest BCUT2D eigenvalue weighted by molar-refractivity contribution is 5.84. The monoisotopic (exact) mass is 334 g/mol. The highest BCUT2D eigenvalue weighted by Gasteiger charge is 2.21. The van der Waals surface area contributed by atoms with E-state index in [9.17, 15) is 14.4 Å². The van der Waals surface area contributed by atoms with Gasteiger partial charge in [-0.3, -0.25) is 14.4 Å². The molecule has 24 heavy (non-hydrogen) atoms. The van der Waals surface area contributed by atoms with Crippen molar-refractivity contribution in [1.29, 1.82) is 0 Å². The van der Waals surface area contributed by atoms with Gasteiger partial charge in [-0.2, -0.15) is 0 Å². The smallest absolute Gasteiger partial charge is 0.311 e. The van der Waals surface area contributed by atoms with E-state index < -0.39 is 5.92 Å². The molecule has 6 nitrogen and oxygen atoms in total. The van der Waals surface area contributed by atoms with Crippen LogP contribution >= 0.6 is 0 Å². The van der Waals surface area contributed by atoms with E-state index in [-0.39, 0.29) is 37.2 Å². The van der Waals surface area contributed by atoms with Crippen LogP contribution in [-0.2, 0) is 25.5 Å². The quantitative estimate of drug-likeness (QED) is 0.634. The van der Waals surface area contributed by atoms with E-state index in [1.165, 1.54) is 0 Å². The topological polar surface area (TPSA) is 84.5 Å². The zero-order valence-electron chi connectivity index (χ0n) is 14.3. The van der Waals surface area contributed by atoms with Crippen LogP contribution in [0.4, 0.5) is 0 Å². The van der Waals surface area contributed by atoms with Crippen molar-refractivity contribution in [3.63, 3.8) is 0 Å². The average molecular weight is 334 g/mol. The Hall–Kier alpha value is -2.37. The Balaban J connectivity index is 2.51. The maximum absolute atomic E-state index is 12.1. The fourth-order valence-electron chi connectivity index (χ4n) is 2.24. The Morgan fingerprint density at radius 1 is 1.00 bits per heavy atom. The lowest BCUT2D eigenvalue weighted by molar-refractivity contribution is -0.148. The first-order valence-corrected chi connectivity index (χ1v) is 8.30. The van der Waals surface area contributed by atoms with Crippen molar-refractivity contribution in [3.8, 4) is 0 Å². The molecule has 0 aromatic heterocycles. The number of esters is 1. The molecule has 0 aliphatic carbocycles. The second-order valence-electron chi connectivity index (χ2n) is 5.40. The van der Waals surface area contributed by atoms with Gasteiger partial charge in [-0.05, 0) is 25.8 Å². The van der Waals surface area contributed by atoms with Crippen LogP contribution in [0, 0.1) is 5.92 Å². The number of carbonyl (C=O) groups excluding carboxylic acids is 3. The van der Waals surface area contributed by atoms with Gasteiger partial charge in [0.05, 0.1) is 12.5 Å². The highest BCUT2D eigenvalue weighted by atomic mass is 16.5. The molecular formula is C18H26N2O4. The van der Waals surface area contributed by atoms with E-state index in [1.807, 2.05) is 37.3 Å². The number of carbonyl (C=O) groups is 3. The molecule has 0 heterocycles. The fraction of sp³-hybridized carbons (Fsp3) is 0.500. The van der Waals surface area contributed by atoms with E-state index in [0.717, 1.165) is 5.56 Å². The van der Waals surface area contributed by atoms with Crippen LogP contribution < -0.4 is 10.6 Å². The normalized spacial score (nSPS) is 11.4. The van der Waals surface area contributed by atoms with Crippen molar-refractivity contribution >= 4 is 17.8 Å². The Bertz CT molecular complexity index is 531. The third-order valence-corrected chi connectivity index (χ3v) is 3.44. The van der Waals surface area contributed by atoms with Gasteiger partial charge in [-0.1, -0.05) is 30.3 Å². The van der Waals surface area contributed by atoms with Gasteiger partial charge in [-0.15, -0.1) is 0 Å². The summed E-state index contributed by atoms with van der Waals surface area (Å²) in [6, 6.07) is 9.59. The molecule has 132 valence electrons. The van der Waals surface area contributed by atoms with Crippen LogP contribution in [0.2, 0.25) is 0 Å². The first kappa shape index (κ1) is 19.7. The number of amides is 2. The lowest BCUT2D eigenvalue weighted by Gasteiger charge is -2.16. The maximum atomic E-state index is 12.1. The minimum absolute atomic E-state index is 0.104. The molecule has 1 aromatic rings. The summed E-state index contributed by atoms with van der Waals surface area (Å²) >= 11 is 0. The SMILES string of the molecule is CCNC(=O)CCC(=O)NC[C@H](Cc1ccccc1)C(=O)OCC. The van der Waals surface area contributed by atoms with Gasteiger partial charge >= 0.3 is 5.97 Å². The number of benzene rings is 1. The Morgan fingerprint density at radius 3 is 2.21 bits per heavy atom. The van der Waals surface area contributed by atoms with Crippen molar-refractivity contribution in [3.05, 3.63) is 35.9 Å². The molecule has 0 aliphatic heterocycles. The fourth-order valence-corrected chi connectivity index (χ4v) is 2.24. The Labute approximate surface area is 143 Å². The molecule has 0 bridgehead atoms. The number of hydrogen-bond acceptors (Lipinski definition) is 4. The summed E-state index contributed by atoms with van der Waals surface area (Å²) in [7, 11) is 0. The summed E-state index contributed by atoms with van der Waals surface area (Å²) in [6.45, 7) is 4.62. The molecule has 1 rings (SSSR count). The van der Waals surface area contributed by atoms with Gasteiger partial charge < -0.3 is 15.4 Å². The molecule has 0 unspecified atom stereocenters. The van der Waals surface area contributed by atoms with Crippen molar-refractivity contribution in [1.82, 2.24) is 10.6 Å². The minimum atomic E-state index is -0.444. The van der Waals surface area contributed by atoms with Crippen LogP contribution in [0.25, 0.3) is 0 Å². The minimum Gasteiger partial charge on any atom is -0.466 e. The van der Waals surface area contributed by atoms with Gasteiger partial charge in [0.2, 0.25) is 11.8 Å². The van der Waals surface area contributed by atoms with E-state index >= 15 is 0 Å². The molecule has 0 saturated carbocycles. The standard InChI is InChI=1S/C18H26N2O4/c1-3-19-16(21)10-11-17(22)20-13-15(18(23)24-4-2)12-14-8-6-5-7-9-14/h5-9,15H,3-4,10-13H2,1-2H3,(H,19,21)(H,20,22)/t15-/m0/s1. The zero-order valence-corrected chi connectivity index (χ0v) is 14.3. The third kappa shape index (κ3) is 7.76. The van der Waals surface area contributed by atoms with Gasteiger partial charge in [0.25, 0.3) is 0 Å². The molecule has 0 fully saturated rings. The van der Waals surface area contributed by atoms with Crippen molar-refractivity contribution in [2.45, 2.75) is 33.1 Å².